The summed E-state index contributed by atoms with van der Waals surface area (Å²) in [5, 5.41) is 0. The standard InChI is InChI=1S/C18H22N2O3S2/c1-23-15-7-5-13(6-8-15)14-4-2-3-9-19(10-14)16(21)11-20-17(22)12-25-18(20)24/h5-8,14H,2-4,9-12H2,1H3/t14-/m1/s1. The number of thiocarbonyl (C=S) groups is 1. The number of carbonyl (C=O) groups is 2. The van der Waals surface area contributed by atoms with E-state index in [1.54, 1.807) is 7.11 Å². The van der Waals surface area contributed by atoms with Gasteiger partial charge in [0.05, 0.1) is 12.9 Å². The first-order valence-corrected chi connectivity index (χ1v) is 9.86. The first-order valence-electron chi connectivity index (χ1n) is 8.47. The Morgan fingerprint density at radius 1 is 1.32 bits per heavy atom. The highest BCUT2D eigenvalue weighted by atomic mass is 32.2. The quantitative estimate of drug-likeness (QED) is 0.754. The van der Waals surface area contributed by atoms with Gasteiger partial charge in [0.2, 0.25) is 11.8 Å². The molecule has 2 aliphatic heterocycles. The Hall–Kier alpha value is -1.60. The van der Waals surface area contributed by atoms with E-state index in [1.165, 1.54) is 22.2 Å². The monoisotopic (exact) mass is 378 g/mol. The van der Waals surface area contributed by atoms with E-state index in [2.05, 4.69) is 12.1 Å². The molecular formula is C18H22N2O3S2. The summed E-state index contributed by atoms with van der Waals surface area (Å²) in [6, 6.07) is 8.08. The van der Waals surface area contributed by atoms with Crippen molar-refractivity contribution < 1.29 is 14.3 Å². The summed E-state index contributed by atoms with van der Waals surface area (Å²) in [7, 11) is 1.66. The third kappa shape index (κ3) is 4.33. The van der Waals surface area contributed by atoms with Gasteiger partial charge in [0.15, 0.2) is 0 Å². The number of nitrogens with zero attached hydrogens (tertiary/aromatic N) is 2. The van der Waals surface area contributed by atoms with Crippen LogP contribution in [0.5, 0.6) is 5.75 Å². The Morgan fingerprint density at radius 2 is 2.08 bits per heavy atom. The number of rotatable bonds is 4. The lowest BCUT2D eigenvalue weighted by molar-refractivity contribution is -0.136. The van der Waals surface area contributed by atoms with Crippen molar-refractivity contribution in [2.45, 2.75) is 25.2 Å². The maximum Gasteiger partial charge on any atom is 0.242 e. The van der Waals surface area contributed by atoms with Crippen LogP contribution in [0.3, 0.4) is 0 Å². The second-order valence-electron chi connectivity index (χ2n) is 6.34. The Balaban J connectivity index is 1.67. The number of thioether (sulfide) groups is 1. The molecule has 0 saturated carbocycles. The van der Waals surface area contributed by atoms with Gasteiger partial charge in [0.1, 0.15) is 16.6 Å². The van der Waals surface area contributed by atoms with E-state index in [4.69, 9.17) is 17.0 Å². The molecule has 2 aliphatic rings. The number of benzene rings is 1. The van der Waals surface area contributed by atoms with Gasteiger partial charge in [-0.3, -0.25) is 14.5 Å². The van der Waals surface area contributed by atoms with Gasteiger partial charge in [-0.25, -0.2) is 0 Å². The molecule has 0 radical (unpaired) electrons. The molecule has 7 heteroatoms. The summed E-state index contributed by atoms with van der Waals surface area (Å²) >= 11 is 6.51. The molecule has 1 aromatic rings. The summed E-state index contributed by atoms with van der Waals surface area (Å²) in [5.74, 6) is 1.42. The molecule has 1 atom stereocenters. The Morgan fingerprint density at radius 3 is 2.72 bits per heavy atom. The van der Waals surface area contributed by atoms with Crippen molar-refractivity contribution in [1.82, 2.24) is 9.80 Å². The molecule has 3 rings (SSSR count). The highest BCUT2D eigenvalue weighted by Crippen LogP contribution is 2.28. The second-order valence-corrected chi connectivity index (χ2v) is 7.95. The minimum absolute atomic E-state index is 0.0152. The van der Waals surface area contributed by atoms with Gasteiger partial charge >= 0.3 is 0 Å². The molecule has 0 bridgehead atoms. The van der Waals surface area contributed by atoms with Crippen LogP contribution in [0.25, 0.3) is 0 Å². The average Bonchev–Trinajstić information content (AvgIpc) is 2.84. The minimum Gasteiger partial charge on any atom is -0.497 e. The highest BCUT2D eigenvalue weighted by Gasteiger charge is 2.31. The molecule has 2 heterocycles. The van der Waals surface area contributed by atoms with E-state index < -0.39 is 0 Å². The molecule has 2 saturated heterocycles. The van der Waals surface area contributed by atoms with E-state index in [0.717, 1.165) is 31.6 Å². The predicted molar refractivity (Wildman–Crippen MR) is 103 cm³/mol. The topological polar surface area (TPSA) is 49.9 Å². The number of hydrogen-bond donors (Lipinski definition) is 0. The zero-order chi connectivity index (χ0) is 17.8. The predicted octanol–water partition coefficient (Wildman–Crippen LogP) is 2.65. The van der Waals surface area contributed by atoms with Gasteiger partial charge in [-0.05, 0) is 30.5 Å². The van der Waals surface area contributed by atoms with Gasteiger partial charge in [0, 0.05) is 19.0 Å². The van der Waals surface area contributed by atoms with Crippen molar-refractivity contribution in [2.24, 2.45) is 0 Å². The van der Waals surface area contributed by atoms with Crippen molar-refractivity contribution in [3.8, 4) is 5.75 Å². The van der Waals surface area contributed by atoms with Crippen LogP contribution in [-0.2, 0) is 9.59 Å². The third-order valence-electron chi connectivity index (χ3n) is 4.75. The third-order valence-corrected chi connectivity index (χ3v) is 6.18. The van der Waals surface area contributed by atoms with Gasteiger partial charge in [-0.2, -0.15) is 0 Å². The van der Waals surface area contributed by atoms with Crippen LogP contribution < -0.4 is 4.74 Å². The summed E-state index contributed by atoms with van der Waals surface area (Å²) in [4.78, 5) is 27.9. The first-order chi connectivity index (χ1) is 12.1. The molecule has 25 heavy (non-hydrogen) atoms. The van der Waals surface area contributed by atoms with E-state index in [9.17, 15) is 9.59 Å². The number of likely N-dealkylation sites (tertiary alicyclic amines) is 1. The zero-order valence-electron chi connectivity index (χ0n) is 14.3. The van der Waals surface area contributed by atoms with Crippen molar-refractivity contribution in [3.05, 3.63) is 29.8 Å². The van der Waals surface area contributed by atoms with E-state index in [0.29, 0.717) is 22.5 Å². The van der Waals surface area contributed by atoms with E-state index in [-0.39, 0.29) is 18.4 Å². The van der Waals surface area contributed by atoms with Crippen LogP contribution in [0.1, 0.15) is 30.7 Å². The zero-order valence-corrected chi connectivity index (χ0v) is 15.9. The molecule has 0 aliphatic carbocycles. The molecule has 0 aromatic heterocycles. The van der Waals surface area contributed by atoms with Crippen LogP contribution in [0, 0.1) is 0 Å². The molecule has 2 amide bonds. The second kappa shape index (κ2) is 8.19. The summed E-state index contributed by atoms with van der Waals surface area (Å²) in [6.07, 6.45) is 3.15. The molecule has 2 fully saturated rings. The SMILES string of the molecule is COc1ccc([C@@H]2CCCCN(C(=O)CN3C(=O)CSC3=S)C2)cc1. The molecule has 0 spiro atoms. The first kappa shape index (κ1) is 18.2. The molecule has 134 valence electrons. The van der Waals surface area contributed by atoms with E-state index in [1.807, 2.05) is 17.0 Å². The molecule has 1 aromatic carbocycles. The summed E-state index contributed by atoms with van der Waals surface area (Å²) < 4.78 is 5.73. The van der Waals surface area contributed by atoms with Crippen LogP contribution in [-0.4, -0.2) is 58.4 Å². The van der Waals surface area contributed by atoms with Crippen LogP contribution in [0.4, 0.5) is 0 Å². The Bertz CT molecular complexity index is 647. The normalized spacial score (nSPS) is 21.4. The van der Waals surface area contributed by atoms with Crippen molar-refractivity contribution in [2.75, 3.05) is 32.5 Å². The molecule has 0 unspecified atom stereocenters. The fourth-order valence-electron chi connectivity index (χ4n) is 3.29. The molecule has 5 nitrogen and oxygen atoms in total. The lowest BCUT2D eigenvalue weighted by Crippen LogP contribution is -2.43. The average molecular weight is 379 g/mol. The van der Waals surface area contributed by atoms with Crippen molar-refractivity contribution >= 4 is 40.1 Å². The van der Waals surface area contributed by atoms with Crippen LogP contribution >= 0.6 is 24.0 Å². The fraction of sp³-hybridized carbons (Fsp3) is 0.500. The summed E-state index contributed by atoms with van der Waals surface area (Å²) in [5.41, 5.74) is 1.23. The largest absolute Gasteiger partial charge is 0.497 e. The number of ether oxygens (including phenoxy) is 1. The smallest absolute Gasteiger partial charge is 0.242 e. The lowest BCUT2D eigenvalue weighted by Gasteiger charge is -2.27. The van der Waals surface area contributed by atoms with Crippen molar-refractivity contribution in [1.29, 1.82) is 0 Å². The fourth-order valence-corrected chi connectivity index (χ4v) is 4.35. The number of methoxy groups -OCH3 is 1. The lowest BCUT2D eigenvalue weighted by atomic mass is 9.94. The number of hydrogen-bond acceptors (Lipinski definition) is 5. The molecular weight excluding hydrogens is 356 g/mol. The van der Waals surface area contributed by atoms with Gasteiger partial charge < -0.3 is 9.64 Å². The maximum atomic E-state index is 12.7. The number of carbonyl (C=O) groups excluding carboxylic acids is 2. The number of amides is 2. The van der Waals surface area contributed by atoms with Gasteiger partial charge in [0.25, 0.3) is 0 Å². The minimum atomic E-state index is -0.0649. The van der Waals surface area contributed by atoms with E-state index >= 15 is 0 Å². The Labute approximate surface area is 157 Å². The highest BCUT2D eigenvalue weighted by molar-refractivity contribution is 8.23. The van der Waals surface area contributed by atoms with Crippen LogP contribution in [0.2, 0.25) is 0 Å². The van der Waals surface area contributed by atoms with Crippen molar-refractivity contribution in [3.63, 3.8) is 0 Å². The van der Waals surface area contributed by atoms with Gasteiger partial charge in [-0.1, -0.05) is 42.5 Å². The summed E-state index contributed by atoms with van der Waals surface area (Å²) in [6.45, 7) is 1.50. The van der Waals surface area contributed by atoms with Gasteiger partial charge in [-0.15, -0.1) is 0 Å². The molecule has 0 N–H and O–H groups in total. The van der Waals surface area contributed by atoms with Crippen LogP contribution in [0.15, 0.2) is 24.3 Å². The maximum absolute atomic E-state index is 12.7. The Kier molecular flexibility index (Phi) is 5.96.